The van der Waals surface area contributed by atoms with Gasteiger partial charge in [0, 0.05) is 11.6 Å². The summed E-state index contributed by atoms with van der Waals surface area (Å²) >= 11 is 0. The summed E-state index contributed by atoms with van der Waals surface area (Å²) in [4.78, 5) is 35.0. The molecule has 1 atom stereocenters. The molecule has 2 aromatic carbocycles. The number of hydrazine groups is 1. The highest BCUT2D eigenvalue weighted by Crippen LogP contribution is 2.28. The number of aryl methyl sites for hydroxylation is 1. The van der Waals surface area contributed by atoms with Crippen molar-refractivity contribution in [2.45, 2.75) is 33.8 Å². The molecule has 0 aliphatic rings. The molecule has 9 heteroatoms. The van der Waals surface area contributed by atoms with Gasteiger partial charge < -0.3 is 9.47 Å². The summed E-state index contributed by atoms with van der Waals surface area (Å²) in [5.41, 5.74) is 6.10. The Morgan fingerprint density at radius 1 is 1.14 bits per heavy atom. The molecule has 2 rings (SSSR count). The van der Waals surface area contributed by atoms with Crippen LogP contribution in [0.1, 0.15) is 35.3 Å². The molecule has 2 aromatic rings. The van der Waals surface area contributed by atoms with E-state index in [1.54, 1.807) is 19.9 Å². The molecular formula is C20H23N3O6. The number of nitrogens with zero attached hydrogens (tertiary/aromatic N) is 1. The molecule has 154 valence electrons. The molecule has 0 aliphatic carbocycles. The number of hydrogen-bond donors (Lipinski definition) is 2. The van der Waals surface area contributed by atoms with Crippen LogP contribution in [0.3, 0.4) is 0 Å². The third kappa shape index (κ3) is 5.44. The Morgan fingerprint density at radius 3 is 2.52 bits per heavy atom. The Kier molecular flexibility index (Phi) is 7.13. The fourth-order valence-electron chi connectivity index (χ4n) is 2.47. The van der Waals surface area contributed by atoms with Gasteiger partial charge >= 0.3 is 5.69 Å². The zero-order valence-electron chi connectivity index (χ0n) is 16.6. The molecule has 0 bridgehead atoms. The van der Waals surface area contributed by atoms with E-state index >= 15 is 0 Å². The van der Waals surface area contributed by atoms with Crippen molar-refractivity contribution in [3.05, 3.63) is 63.2 Å². The maximum absolute atomic E-state index is 12.2. The van der Waals surface area contributed by atoms with Crippen molar-refractivity contribution in [1.29, 1.82) is 0 Å². The molecular weight excluding hydrogens is 378 g/mol. The minimum Gasteiger partial charge on any atom is -0.487 e. The van der Waals surface area contributed by atoms with E-state index in [0.717, 1.165) is 17.2 Å². The van der Waals surface area contributed by atoms with Crippen LogP contribution in [-0.2, 0) is 4.79 Å². The highest BCUT2D eigenvalue weighted by atomic mass is 16.6. The Hall–Kier alpha value is -3.62. The normalized spacial score (nSPS) is 11.3. The van der Waals surface area contributed by atoms with Crippen LogP contribution in [0.25, 0.3) is 0 Å². The fraction of sp³-hybridized carbons (Fsp3) is 0.300. The number of ether oxygens (including phenoxy) is 2. The molecule has 0 saturated heterocycles. The molecule has 0 spiro atoms. The topological polar surface area (TPSA) is 120 Å². The number of nitro benzene ring substituents is 1. The highest BCUT2D eigenvalue weighted by Gasteiger charge is 2.20. The van der Waals surface area contributed by atoms with Crippen molar-refractivity contribution in [2.75, 3.05) is 6.61 Å². The number of benzene rings is 2. The molecule has 0 radical (unpaired) electrons. The summed E-state index contributed by atoms with van der Waals surface area (Å²) in [5.74, 6) is -0.641. The molecule has 0 fully saturated rings. The molecule has 29 heavy (non-hydrogen) atoms. The molecule has 0 aromatic heterocycles. The highest BCUT2D eigenvalue weighted by molar-refractivity contribution is 5.96. The smallest absolute Gasteiger partial charge is 0.311 e. The standard InChI is InChI=1S/C20H23N3O6/c1-5-28-18-10-9-15(11-16(18)23(26)27)20(25)22-21-19(24)14(4)29-17-8-6-7-12(2)13(17)3/h6-11,14H,5H2,1-4H3,(H,21,24)(H,22,25). The van der Waals surface area contributed by atoms with E-state index in [9.17, 15) is 19.7 Å². The number of carbonyl (C=O) groups is 2. The average Bonchev–Trinajstić information content (AvgIpc) is 2.69. The Bertz CT molecular complexity index is 928. The van der Waals surface area contributed by atoms with Gasteiger partial charge in [0.15, 0.2) is 11.9 Å². The van der Waals surface area contributed by atoms with Crippen molar-refractivity contribution in [2.24, 2.45) is 0 Å². The van der Waals surface area contributed by atoms with Gasteiger partial charge in [-0.3, -0.25) is 30.6 Å². The van der Waals surface area contributed by atoms with Crippen molar-refractivity contribution < 1.29 is 24.0 Å². The number of rotatable bonds is 7. The van der Waals surface area contributed by atoms with Crippen LogP contribution in [0.4, 0.5) is 5.69 Å². The van der Waals surface area contributed by atoms with Gasteiger partial charge in [-0.2, -0.15) is 0 Å². The summed E-state index contributed by atoms with van der Waals surface area (Å²) in [6.07, 6.45) is -0.870. The first-order chi connectivity index (χ1) is 13.7. The second-order valence-electron chi connectivity index (χ2n) is 6.27. The molecule has 2 amide bonds. The minimum atomic E-state index is -0.870. The predicted molar refractivity (Wildman–Crippen MR) is 106 cm³/mol. The van der Waals surface area contributed by atoms with Crippen molar-refractivity contribution in [3.63, 3.8) is 0 Å². The number of carbonyl (C=O) groups excluding carboxylic acids is 2. The minimum absolute atomic E-state index is 0.00329. The first kappa shape index (κ1) is 21.7. The third-order valence-electron chi connectivity index (χ3n) is 4.24. The largest absolute Gasteiger partial charge is 0.487 e. The van der Waals surface area contributed by atoms with E-state index in [-0.39, 0.29) is 23.6 Å². The Labute approximate surface area is 168 Å². The zero-order chi connectivity index (χ0) is 21.6. The van der Waals surface area contributed by atoms with Gasteiger partial charge in [0.2, 0.25) is 0 Å². The third-order valence-corrected chi connectivity index (χ3v) is 4.24. The monoisotopic (exact) mass is 401 g/mol. The van der Waals surface area contributed by atoms with Gasteiger partial charge in [0.05, 0.1) is 11.5 Å². The van der Waals surface area contributed by atoms with Crippen LogP contribution in [0.5, 0.6) is 11.5 Å². The van der Waals surface area contributed by atoms with Gasteiger partial charge in [-0.25, -0.2) is 0 Å². The van der Waals surface area contributed by atoms with E-state index in [1.165, 1.54) is 12.1 Å². The summed E-state index contributed by atoms with van der Waals surface area (Å²) < 4.78 is 10.8. The average molecular weight is 401 g/mol. The van der Waals surface area contributed by atoms with E-state index in [4.69, 9.17) is 9.47 Å². The predicted octanol–water partition coefficient (Wildman–Crippen LogP) is 2.84. The Morgan fingerprint density at radius 2 is 1.86 bits per heavy atom. The lowest BCUT2D eigenvalue weighted by Crippen LogP contribution is -2.47. The number of nitrogens with one attached hydrogen (secondary N) is 2. The second kappa shape index (κ2) is 9.54. The SMILES string of the molecule is CCOc1ccc(C(=O)NNC(=O)C(C)Oc2cccc(C)c2C)cc1[N+](=O)[O-]. The lowest BCUT2D eigenvalue weighted by atomic mass is 10.1. The summed E-state index contributed by atoms with van der Waals surface area (Å²) in [6.45, 7) is 7.31. The summed E-state index contributed by atoms with van der Waals surface area (Å²) in [6, 6.07) is 9.30. The molecule has 1 unspecified atom stereocenters. The first-order valence-corrected chi connectivity index (χ1v) is 8.98. The summed E-state index contributed by atoms with van der Waals surface area (Å²) in [5, 5.41) is 11.2. The maximum atomic E-state index is 12.2. The van der Waals surface area contributed by atoms with Gasteiger partial charge in [-0.05, 0) is 57.0 Å². The van der Waals surface area contributed by atoms with Crippen LogP contribution >= 0.6 is 0 Å². The molecule has 0 aliphatic heterocycles. The van der Waals surface area contributed by atoms with Crippen molar-refractivity contribution >= 4 is 17.5 Å². The van der Waals surface area contributed by atoms with Crippen molar-refractivity contribution in [1.82, 2.24) is 10.9 Å². The molecule has 0 saturated carbocycles. The quantitative estimate of drug-likeness (QED) is 0.544. The lowest BCUT2D eigenvalue weighted by molar-refractivity contribution is -0.385. The van der Waals surface area contributed by atoms with Crippen LogP contribution in [0.2, 0.25) is 0 Å². The van der Waals surface area contributed by atoms with E-state index in [0.29, 0.717) is 5.75 Å². The van der Waals surface area contributed by atoms with Gasteiger partial charge in [0.1, 0.15) is 5.75 Å². The molecule has 0 heterocycles. The van der Waals surface area contributed by atoms with Crippen LogP contribution in [-0.4, -0.2) is 29.4 Å². The lowest BCUT2D eigenvalue weighted by Gasteiger charge is -2.17. The van der Waals surface area contributed by atoms with Gasteiger partial charge in [-0.1, -0.05) is 12.1 Å². The number of hydrogen-bond acceptors (Lipinski definition) is 6. The maximum Gasteiger partial charge on any atom is 0.311 e. The summed E-state index contributed by atoms with van der Waals surface area (Å²) in [7, 11) is 0. The van der Waals surface area contributed by atoms with E-state index < -0.39 is 22.8 Å². The van der Waals surface area contributed by atoms with Crippen LogP contribution in [0, 0.1) is 24.0 Å². The number of nitro groups is 1. The molecule has 2 N–H and O–H groups in total. The number of amides is 2. The van der Waals surface area contributed by atoms with Gasteiger partial charge in [-0.15, -0.1) is 0 Å². The van der Waals surface area contributed by atoms with Crippen molar-refractivity contribution in [3.8, 4) is 11.5 Å². The van der Waals surface area contributed by atoms with E-state index in [1.807, 2.05) is 26.0 Å². The van der Waals surface area contributed by atoms with Crippen LogP contribution in [0.15, 0.2) is 36.4 Å². The van der Waals surface area contributed by atoms with Gasteiger partial charge in [0.25, 0.3) is 11.8 Å². The van der Waals surface area contributed by atoms with Crippen LogP contribution < -0.4 is 20.3 Å². The first-order valence-electron chi connectivity index (χ1n) is 8.98. The fourth-order valence-corrected chi connectivity index (χ4v) is 2.47. The second-order valence-corrected chi connectivity index (χ2v) is 6.27. The zero-order valence-corrected chi connectivity index (χ0v) is 16.6. The molecule has 9 nitrogen and oxygen atoms in total. The van der Waals surface area contributed by atoms with E-state index in [2.05, 4.69) is 10.9 Å². The Balaban J connectivity index is 2.00.